The zero-order valence-corrected chi connectivity index (χ0v) is 13.5. The molecular weight excluding hydrogens is 320 g/mol. The fraction of sp³-hybridized carbons (Fsp3) is 0.357. The zero-order chi connectivity index (χ0) is 14.7. The highest BCUT2D eigenvalue weighted by Gasteiger charge is 2.14. The van der Waals surface area contributed by atoms with Gasteiger partial charge in [0.05, 0.1) is 11.8 Å². The van der Waals surface area contributed by atoms with Gasteiger partial charge in [-0.05, 0) is 28.9 Å². The molecule has 0 bridgehead atoms. The third-order valence-electron chi connectivity index (χ3n) is 2.77. The van der Waals surface area contributed by atoms with Gasteiger partial charge in [-0.25, -0.2) is 4.98 Å². The van der Waals surface area contributed by atoms with Crippen LogP contribution < -0.4 is 10.1 Å². The Kier molecular flexibility index (Phi) is 4.54. The summed E-state index contributed by atoms with van der Waals surface area (Å²) in [6, 6.07) is 1.85. The van der Waals surface area contributed by atoms with Gasteiger partial charge >= 0.3 is 0 Å². The van der Waals surface area contributed by atoms with Gasteiger partial charge in [-0.15, -0.1) is 0 Å². The molecule has 0 saturated carbocycles. The second-order valence-electron chi connectivity index (χ2n) is 4.71. The third-order valence-corrected chi connectivity index (χ3v) is 3.20. The molecule has 0 fully saturated rings. The fourth-order valence-corrected chi connectivity index (χ4v) is 2.02. The SMILES string of the molecule is CNc1nc(C(C)C)nc(Oc2cncc(Br)c2)c1C. The van der Waals surface area contributed by atoms with Crippen molar-refractivity contribution in [3.8, 4) is 11.6 Å². The molecule has 0 atom stereocenters. The molecule has 0 aliphatic carbocycles. The number of nitrogens with one attached hydrogen (secondary N) is 1. The van der Waals surface area contributed by atoms with Gasteiger partial charge in [0.2, 0.25) is 5.88 Å². The van der Waals surface area contributed by atoms with Gasteiger partial charge in [0.15, 0.2) is 0 Å². The van der Waals surface area contributed by atoms with Crippen LogP contribution in [-0.4, -0.2) is 22.0 Å². The smallest absolute Gasteiger partial charge is 0.227 e. The predicted octanol–water partition coefficient (Wildman–Crippen LogP) is 3.90. The summed E-state index contributed by atoms with van der Waals surface area (Å²) in [6.07, 6.45) is 3.36. The number of pyridine rings is 1. The van der Waals surface area contributed by atoms with Crippen LogP contribution in [-0.2, 0) is 0 Å². The molecule has 20 heavy (non-hydrogen) atoms. The minimum atomic E-state index is 0.227. The average molecular weight is 337 g/mol. The topological polar surface area (TPSA) is 59.9 Å². The second-order valence-corrected chi connectivity index (χ2v) is 5.62. The molecular formula is C14H17BrN4O. The van der Waals surface area contributed by atoms with Crippen molar-refractivity contribution in [2.45, 2.75) is 26.7 Å². The zero-order valence-electron chi connectivity index (χ0n) is 11.9. The Bertz CT molecular complexity index is 616. The number of rotatable bonds is 4. The summed E-state index contributed by atoms with van der Waals surface area (Å²) in [5.41, 5.74) is 0.872. The molecule has 2 rings (SSSR count). The highest BCUT2D eigenvalue weighted by molar-refractivity contribution is 9.10. The van der Waals surface area contributed by atoms with Gasteiger partial charge in [0, 0.05) is 23.6 Å². The van der Waals surface area contributed by atoms with Gasteiger partial charge in [-0.3, -0.25) is 4.98 Å². The van der Waals surface area contributed by atoms with Crippen molar-refractivity contribution in [2.75, 3.05) is 12.4 Å². The number of ether oxygens (including phenoxy) is 1. The van der Waals surface area contributed by atoms with Crippen molar-refractivity contribution in [2.24, 2.45) is 0 Å². The lowest BCUT2D eigenvalue weighted by Gasteiger charge is -2.14. The van der Waals surface area contributed by atoms with Crippen LogP contribution in [0.15, 0.2) is 22.9 Å². The Labute approximate surface area is 127 Å². The van der Waals surface area contributed by atoms with Crippen molar-refractivity contribution in [1.29, 1.82) is 0 Å². The molecule has 0 aromatic carbocycles. The summed E-state index contributed by atoms with van der Waals surface area (Å²) in [7, 11) is 1.84. The molecule has 0 saturated heterocycles. The first kappa shape index (κ1) is 14.7. The molecule has 0 aliphatic heterocycles. The van der Waals surface area contributed by atoms with Crippen molar-refractivity contribution < 1.29 is 4.74 Å². The maximum atomic E-state index is 5.84. The number of hydrogen-bond acceptors (Lipinski definition) is 5. The van der Waals surface area contributed by atoms with Crippen LogP contribution in [0.25, 0.3) is 0 Å². The summed E-state index contributed by atoms with van der Waals surface area (Å²) in [5.74, 6) is 2.94. The number of hydrogen-bond donors (Lipinski definition) is 1. The highest BCUT2D eigenvalue weighted by Crippen LogP contribution is 2.29. The summed E-state index contributed by atoms with van der Waals surface area (Å²) < 4.78 is 6.70. The Balaban J connectivity index is 2.42. The van der Waals surface area contributed by atoms with Crippen LogP contribution in [0.3, 0.4) is 0 Å². The van der Waals surface area contributed by atoms with Crippen molar-refractivity contribution >= 4 is 21.7 Å². The Morgan fingerprint density at radius 1 is 1.25 bits per heavy atom. The van der Waals surface area contributed by atoms with E-state index in [4.69, 9.17) is 4.74 Å². The normalized spacial score (nSPS) is 10.7. The standard InChI is InChI=1S/C14H17BrN4O/c1-8(2)12-18-13(16-4)9(3)14(19-12)20-11-5-10(15)6-17-7-11/h5-8H,1-4H3,(H,16,18,19). The molecule has 1 N–H and O–H groups in total. The molecule has 0 amide bonds. The molecule has 106 valence electrons. The van der Waals surface area contributed by atoms with E-state index < -0.39 is 0 Å². The largest absolute Gasteiger partial charge is 0.437 e. The Morgan fingerprint density at radius 3 is 2.60 bits per heavy atom. The maximum Gasteiger partial charge on any atom is 0.227 e. The van der Waals surface area contributed by atoms with Crippen LogP contribution >= 0.6 is 15.9 Å². The monoisotopic (exact) mass is 336 g/mol. The minimum absolute atomic E-state index is 0.227. The van der Waals surface area contributed by atoms with E-state index in [0.717, 1.165) is 21.7 Å². The lowest BCUT2D eigenvalue weighted by atomic mass is 10.2. The van der Waals surface area contributed by atoms with Gasteiger partial charge in [0.1, 0.15) is 17.4 Å². The van der Waals surface area contributed by atoms with Crippen molar-refractivity contribution in [3.63, 3.8) is 0 Å². The van der Waals surface area contributed by atoms with Gasteiger partial charge in [0.25, 0.3) is 0 Å². The van der Waals surface area contributed by atoms with E-state index in [1.807, 2.05) is 20.0 Å². The van der Waals surface area contributed by atoms with E-state index >= 15 is 0 Å². The summed E-state index contributed by atoms with van der Waals surface area (Å²) in [5, 5.41) is 3.07. The number of aromatic nitrogens is 3. The van der Waals surface area contributed by atoms with Crippen LogP contribution in [0.4, 0.5) is 5.82 Å². The van der Waals surface area contributed by atoms with Crippen molar-refractivity contribution in [3.05, 3.63) is 34.3 Å². The molecule has 0 unspecified atom stereocenters. The minimum Gasteiger partial charge on any atom is -0.437 e. The van der Waals surface area contributed by atoms with Crippen LogP contribution in [0.5, 0.6) is 11.6 Å². The maximum absolute atomic E-state index is 5.84. The number of anilines is 1. The van der Waals surface area contributed by atoms with E-state index in [1.165, 1.54) is 0 Å². The van der Waals surface area contributed by atoms with Gasteiger partial charge in [-0.1, -0.05) is 13.8 Å². The van der Waals surface area contributed by atoms with Crippen molar-refractivity contribution in [1.82, 2.24) is 15.0 Å². The highest BCUT2D eigenvalue weighted by atomic mass is 79.9. The van der Waals surface area contributed by atoms with E-state index in [2.05, 4.69) is 50.0 Å². The predicted molar refractivity (Wildman–Crippen MR) is 82.4 cm³/mol. The Hall–Kier alpha value is -1.69. The number of halogens is 1. The first-order chi connectivity index (χ1) is 9.51. The van der Waals surface area contributed by atoms with Crippen LogP contribution in [0, 0.1) is 6.92 Å². The van der Waals surface area contributed by atoms with Crippen LogP contribution in [0.2, 0.25) is 0 Å². The molecule has 5 nitrogen and oxygen atoms in total. The summed E-state index contributed by atoms with van der Waals surface area (Å²) in [6.45, 7) is 6.03. The lowest BCUT2D eigenvalue weighted by molar-refractivity contribution is 0.451. The molecule has 2 heterocycles. The van der Waals surface area contributed by atoms with E-state index in [0.29, 0.717) is 11.6 Å². The molecule has 0 spiro atoms. The first-order valence-corrected chi connectivity index (χ1v) is 7.15. The first-order valence-electron chi connectivity index (χ1n) is 6.36. The second kappa shape index (κ2) is 6.17. The fourth-order valence-electron chi connectivity index (χ4n) is 1.67. The van der Waals surface area contributed by atoms with E-state index in [-0.39, 0.29) is 5.92 Å². The van der Waals surface area contributed by atoms with Crippen LogP contribution in [0.1, 0.15) is 31.2 Å². The summed E-state index contributed by atoms with van der Waals surface area (Å²) in [4.78, 5) is 13.1. The molecule has 0 aliphatic rings. The molecule has 0 radical (unpaired) electrons. The number of nitrogens with zero attached hydrogens (tertiary/aromatic N) is 3. The van der Waals surface area contributed by atoms with E-state index in [1.54, 1.807) is 12.4 Å². The molecule has 2 aromatic rings. The molecule has 6 heteroatoms. The van der Waals surface area contributed by atoms with Gasteiger partial charge < -0.3 is 10.1 Å². The Morgan fingerprint density at radius 2 is 2.00 bits per heavy atom. The average Bonchev–Trinajstić information content (AvgIpc) is 2.41. The molecule has 2 aromatic heterocycles. The lowest BCUT2D eigenvalue weighted by Crippen LogP contribution is -2.06. The van der Waals surface area contributed by atoms with Gasteiger partial charge in [-0.2, -0.15) is 4.98 Å². The quantitative estimate of drug-likeness (QED) is 0.917. The summed E-state index contributed by atoms with van der Waals surface area (Å²) >= 11 is 3.37. The third kappa shape index (κ3) is 3.25. The van der Waals surface area contributed by atoms with E-state index in [9.17, 15) is 0 Å².